The number of rotatable bonds is 3. The summed E-state index contributed by atoms with van der Waals surface area (Å²) < 4.78 is 29.3. The minimum atomic E-state index is -0.968. The first-order valence-corrected chi connectivity index (χ1v) is 6.52. The van der Waals surface area contributed by atoms with E-state index in [4.69, 9.17) is 14.2 Å². The van der Waals surface area contributed by atoms with Crippen molar-refractivity contribution in [3.05, 3.63) is 52.8 Å². The van der Waals surface area contributed by atoms with Crippen LogP contribution in [0.4, 0.5) is 4.39 Å². The fraction of sp³-hybridized carbons (Fsp3) is 0.250. The normalized spacial score (nSPS) is 14.1. The van der Waals surface area contributed by atoms with Crippen molar-refractivity contribution < 1.29 is 23.7 Å². The molecule has 1 unspecified atom stereocenters. The van der Waals surface area contributed by atoms with Gasteiger partial charge in [-0.2, -0.15) is 0 Å². The second kappa shape index (κ2) is 5.26. The van der Waals surface area contributed by atoms with E-state index in [2.05, 4.69) is 0 Å². The van der Waals surface area contributed by atoms with Crippen LogP contribution in [0.3, 0.4) is 0 Å². The molecule has 1 atom stereocenters. The third kappa shape index (κ3) is 2.40. The highest BCUT2D eigenvalue weighted by atomic mass is 19.1. The Labute approximate surface area is 121 Å². The summed E-state index contributed by atoms with van der Waals surface area (Å²) in [6.45, 7) is 1.94. The maximum atomic E-state index is 13.4. The molecule has 2 aromatic carbocycles. The third-order valence-electron chi connectivity index (χ3n) is 3.53. The van der Waals surface area contributed by atoms with Crippen LogP contribution in [0.5, 0.6) is 17.2 Å². The molecule has 1 N–H and O–H groups in total. The molecule has 110 valence electrons. The minimum absolute atomic E-state index is 0.115. The first kappa shape index (κ1) is 13.7. The van der Waals surface area contributed by atoms with Crippen LogP contribution >= 0.6 is 0 Å². The van der Waals surface area contributed by atoms with Crippen molar-refractivity contribution in [2.45, 2.75) is 13.0 Å². The summed E-state index contributed by atoms with van der Waals surface area (Å²) in [5.41, 5.74) is 1.88. The van der Waals surface area contributed by atoms with Crippen molar-refractivity contribution in [2.24, 2.45) is 0 Å². The Morgan fingerprint density at radius 2 is 2.05 bits per heavy atom. The van der Waals surface area contributed by atoms with E-state index in [9.17, 15) is 9.50 Å². The van der Waals surface area contributed by atoms with E-state index in [0.29, 0.717) is 28.4 Å². The lowest BCUT2D eigenvalue weighted by Crippen LogP contribution is -2.03. The first-order valence-electron chi connectivity index (χ1n) is 6.52. The van der Waals surface area contributed by atoms with Gasteiger partial charge in [0.15, 0.2) is 11.5 Å². The Bertz CT molecular complexity index is 684. The number of ether oxygens (including phenoxy) is 3. The highest BCUT2D eigenvalue weighted by Crippen LogP contribution is 2.43. The van der Waals surface area contributed by atoms with Gasteiger partial charge in [-0.1, -0.05) is 6.07 Å². The minimum Gasteiger partial charge on any atom is -0.493 e. The Morgan fingerprint density at radius 1 is 1.24 bits per heavy atom. The number of aryl methyl sites for hydroxylation is 1. The SMILES string of the molecule is COc1cc(C(O)c2cc(F)ccc2C)cc2c1OCO2. The molecule has 0 bridgehead atoms. The summed E-state index contributed by atoms with van der Waals surface area (Å²) >= 11 is 0. The Morgan fingerprint density at radius 3 is 2.81 bits per heavy atom. The van der Waals surface area contributed by atoms with Crippen molar-refractivity contribution in [2.75, 3.05) is 13.9 Å². The van der Waals surface area contributed by atoms with Crippen LogP contribution in [0.1, 0.15) is 22.8 Å². The van der Waals surface area contributed by atoms with E-state index in [1.165, 1.54) is 19.2 Å². The molecule has 0 saturated heterocycles. The summed E-state index contributed by atoms with van der Waals surface area (Å²) in [6.07, 6.45) is -0.968. The molecular formula is C16H15FO4. The third-order valence-corrected chi connectivity index (χ3v) is 3.53. The Kier molecular flexibility index (Phi) is 3.43. The van der Waals surface area contributed by atoms with Crippen LogP contribution in [-0.2, 0) is 0 Å². The lowest BCUT2D eigenvalue weighted by Gasteiger charge is -2.16. The number of halogens is 1. The van der Waals surface area contributed by atoms with Gasteiger partial charge in [-0.25, -0.2) is 4.39 Å². The predicted octanol–water partition coefficient (Wildman–Crippen LogP) is 2.95. The zero-order valence-corrected chi connectivity index (χ0v) is 11.7. The molecule has 0 fully saturated rings. The maximum Gasteiger partial charge on any atom is 0.231 e. The average molecular weight is 290 g/mol. The molecule has 0 radical (unpaired) electrons. The number of aliphatic hydroxyl groups excluding tert-OH is 1. The van der Waals surface area contributed by atoms with Gasteiger partial charge >= 0.3 is 0 Å². The standard InChI is InChI=1S/C16H15FO4/c1-9-3-4-11(17)7-12(9)15(18)10-5-13(19-2)16-14(6-10)20-8-21-16/h3-7,15,18H,8H2,1-2H3. The zero-order chi connectivity index (χ0) is 15.0. The van der Waals surface area contributed by atoms with Gasteiger partial charge < -0.3 is 19.3 Å². The van der Waals surface area contributed by atoms with Gasteiger partial charge in [0.25, 0.3) is 0 Å². The molecule has 0 amide bonds. The molecule has 0 spiro atoms. The smallest absolute Gasteiger partial charge is 0.231 e. The molecular weight excluding hydrogens is 275 g/mol. The average Bonchev–Trinajstić information content (AvgIpc) is 2.96. The monoisotopic (exact) mass is 290 g/mol. The molecule has 3 rings (SSSR count). The highest BCUT2D eigenvalue weighted by Gasteiger charge is 2.23. The Hall–Kier alpha value is -2.27. The predicted molar refractivity (Wildman–Crippen MR) is 74.3 cm³/mol. The maximum absolute atomic E-state index is 13.4. The lowest BCUT2D eigenvalue weighted by molar-refractivity contribution is 0.171. The van der Waals surface area contributed by atoms with Gasteiger partial charge in [-0.05, 0) is 47.9 Å². The van der Waals surface area contributed by atoms with Crippen LogP contribution in [0, 0.1) is 12.7 Å². The molecule has 2 aromatic rings. The van der Waals surface area contributed by atoms with E-state index in [-0.39, 0.29) is 12.6 Å². The van der Waals surface area contributed by atoms with E-state index < -0.39 is 6.10 Å². The van der Waals surface area contributed by atoms with Gasteiger partial charge in [0, 0.05) is 0 Å². The number of methoxy groups -OCH3 is 1. The topological polar surface area (TPSA) is 47.9 Å². The van der Waals surface area contributed by atoms with Crippen molar-refractivity contribution in [3.63, 3.8) is 0 Å². The highest BCUT2D eigenvalue weighted by molar-refractivity contribution is 5.56. The number of hydrogen-bond acceptors (Lipinski definition) is 4. The van der Waals surface area contributed by atoms with Gasteiger partial charge in [-0.15, -0.1) is 0 Å². The lowest BCUT2D eigenvalue weighted by atomic mass is 9.97. The van der Waals surface area contributed by atoms with Crippen molar-refractivity contribution in [1.29, 1.82) is 0 Å². The number of fused-ring (bicyclic) bond motifs is 1. The molecule has 21 heavy (non-hydrogen) atoms. The molecule has 4 nitrogen and oxygen atoms in total. The van der Waals surface area contributed by atoms with Gasteiger partial charge in [0.2, 0.25) is 12.5 Å². The first-order chi connectivity index (χ1) is 10.1. The molecule has 1 aliphatic heterocycles. The van der Waals surface area contributed by atoms with Gasteiger partial charge in [0.1, 0.15) is 11.9 Å². The molecule has 0 aromatic heterocycles. The van der Waals surface area contributed by atoms with Gasteiger partial charge in [-0.3, -0.25) is 0 Å². The van der Waals surface area contributed by atoms with E-state index in [1.807, 2.05) is 6.92 Å². The van der Waals surface area contributed by atoms with E-state index >= 15 is 0 Å². The second-order valence-corrected chi connectivity index (χ2v) is 4.86. The second-order valence-electron chi connectivity index (χ2n) is 4.86. The van der Waals surface area contributed by atoms with E-state index in [0.717, 1.165) is 5.56 Å². The van der Waals surface area contributed by atoms with Crippen molar-refractivity contribution in [1.82, 2.24) is 0 Å². The fourth-order valence-electron chi connectivity index (χ4n) is 2.39. The van der Waals surface area contributed by atoms with E-state index in [1.54, 1.807) is 18.2 Å². The summed E-state index contributed by atoms with van der Waals surface area (Å²) in [7, 11) is 1.51. The van der Waals surface area contributed by atoms with Crippen molar-refractivity contribution in [3.8, 4) is 17.2 Å². The Balaban J connectivity index is 2.06. The summed E-state index contributed by atoms with van der Waals surface area (Å²) in [5.74, 6) is 1.12. The quantitative estimate of drug-likeness (QED) is 0.944. The molecule has 5 heteroatoms. The number of aliphatic hydroxyl groups is 1. The van der Waals surface area contributed by atoms with Crippen LogP contribution in [0.2, 0.25) is 0 Å². The van der Waals surface area contributed by atoms with Crippen LogP contribution in [-0.4, -0.2) is 19.0 Å². The largest absolute Gasteiger partial charge is 0.493 e. The summed E-state index contributed by atoms with van der Waals surface area (Å²) in [4.78, 5) is 0. The van der Waals surface area contributed by atoms with Crippen LogP contribution in [0.25, 0.3) is 0 Å². The number of benzene rings is 2. The summed E-state index contributed by atoms with van der Waals surface area (Å²) in [6, 6.07) is 7.68. The molecule has 1 aliphatic rings. The molecule has 0 saturated carbocycles. The summed E-state index contributed by atoms with van der Waals surface area (Å²) in [5, 5.41) is 10.5. The van der Waals surface area contributed by atoms with Crippen molar-refractivity contribution >= 4 is 0 Å². The molecule has 0 aliphatic carbocycles. The van der Waals surface area contributed by atoms with Crippen LogP contribution < -0.4 is 14.2 Å². The zero-order valence-electron chi connectivity index (χ0n) is 11.7. The molecule has 1 heterocycles. The fourth-order valence-corrected chi connectivity index (χ4v) is 2.39. The number of hydrogen-bond donors (Lipinski definition) is 1. The van der Waals surface area contributed by atoms with Gasteiger partial charge in [0.05, 0.1) is 7.11 Å². The van der Waals surface area contributed by atoms with Crippen LogP contribution in [0.15, 0.2) is 30.3 Å².